The quantitative estimate of drug-likeness (QED) is 0.401. The van der Waals surface area contributed by atoms with Gasteiger partial charge >= 0.3 is 0 Å². The fourth-order valence-electron chi connectivity index (χ4n) is 2.05. The molecule has 2 rings (SSSR count). The van der Waals surface area contributed by atoms with Crippen LogP contribution in [0.2, 0.25) is 0 Å². The number of hydrogen-bond acceptors (Lipinski definition) is 6. The van der Waals surface area contributed by atoms with E-state index in [2.05, 4.69) is 5.32 Å². The van der Waals surface area contributed by atoms with Gasteiger partial charge in [-0.2, -0.15) is 5.26 Å². The van der Waals surface area contributed by atoms with Crippen molar-refractivity contribution in [3.8, 4) is 17.6 Å². The fourth-order valence-corrected chi connectivity index (χ4v) is 2.05. The van der Waals surface area contributed by atoms with E-state index < -0.39 is 5.91 Å². The van der Waals surface area contributed by atoms with Crippen LogP contribution in [0.4, 0.5) is 0 Å². The van der Waals surface area contributed by atoms with Crippen molar-refractivity contribution in [2.75, 3.05) is 19.9 Å². The van der Waals surface area contributed by atoms with Crippen LogP contribution in [0.3, 0.4) is 0 Å². The molecule has 2 amide bonds. The second-order valence-corrected chi connectivity index (χ2v) is 5.01. The molecule has 1 aromatic rings. The number of amides is 2. The molecule has 0 spiro atoms. The van der Waals surface area contributed by atoms with Crippen LogP contribution in [0.25, 0.3) is 0 Å². The Kier molecular flexibility index (Phi) is 6.16. The van der Waals surface area contributed by atoms with Gasteiger partial charge in [0.25, 0.3) is 5.91 Å². The first-order valence-electron chi connectivity index (χ1n) is 7.37. The zero-order valence-corrected chi connectivity index (χ0v) is 13.0. The van der Waals surface area contributed by atoms with Crippen LogP contribution >= 0.6 is 0 Å². The van der Waals surface area contributed by atoms with Crippen molar-refractivity contribution in [3.05, 3.63) is 35.5 Å². The number of carbonyl (C=O) groups excluding carboxylic acids is 2. The van der Waals surface area contributed by atoms with Crippen LogP contribution in [0, 0.1) is 11.3 Å². The average Bonchev–Trinajstić information content (AvgIpc) is 3.07. The zero-order valence-electron chi connectivity index (χ0n) is 13.0. The van der Waals surface area contributed by atoms with E-state index in [9.17, 15) is 9.59 Å². The summed E-state index contributed by atoms with van der Waals surface area (Å²) in [6.07, 6.45) is 2.35. The van der Waals surface area contributed by atoms with Gasteiger partial charge in [-0.3, -0.25) is 9.59 Å². The summed E-state index contributed by atoms with van der Waals surface area (Å²) in [5, 5.41) is 11.7. The Morgan fingerprint density at radius 3 is 2.92 bits per heavy atom. The molecule has 0 radical (unpaired) electrons. The zero-order chi connectivity index (χ0) is 17.4. The maximum absolute atomic E-state index is 12.1. The number of benzene rings is 1. The first kappa shape index (κ1) is 17.3. The third kappa shape index (κ3) is 4.47. The van der Waals surface area contributed by atoms with E-state index in [4.69, 9.17) is 20.5 Å². The third-order valence-corrected chi connectivity index (χ3v) is 3.31. The Balaban J connectivity index is 1.96. The van der Waals surface area contributed by atoms with Gasteiger partial charge in [0.15, 0.2) is 11.5 Å². The van der Waals surface area contributed by atoms with E-state index in [1.807, 2.05) is 0 Å². The Morgan fingerprint density at radius 2 is 2.21 bits per heavy atom. The molecule has 0 unspecified atom stereocenters. The van der Waals surface area contributed by atoms with E-state index in [0.29, 0.717) is 37.4 Å². The van der Waals surface area contributed by atoms with Crippen molar-refractivity contribution >= 4 is 12.3 Å². The second kappa shape index (κ2) is 8.55. The molecule has 8 nitrogen and oxygen atoms in total. The normalized spacial score (nSPS) is 12.4. The molecule has 1 heterocycles. The molecule has 1 aliphatic heterocycles. The summed E-state index contributed by atoms with van der Waals surface area (Å²) in [5.74, 6) is 0.714. The minimum atomic E-state index is -0.560. The largest absolute Gasteiger partial charge is 0.454 e. The molecule has 0 saturated carbocycles. The molecular formula is C16H18N4O4. The van der Waals surface area contributed by atoms with Gasteiger partial charge in [0.05, 0.1) is 0 Å². The number of nitrogens with one attached hydrogen (secondary N) is 1. The Morgan fingerprint density at radius 1 is 1.42 bits per heavy atom. The molecule has 3 N–H and O–H groups in total. The summed E-state index contributed by atoms with van der Waals surface area (Å²) in [5.41, 5.74) is 6.03. The lowest BCUT2D eigenvalue weighted by molar-refractivity contribution is -0.117. The highest BCUT2D eigenvalue weighted by Crippen LogP contribution is 2.32. The molecule has 0 bridgehead atoms. The van der Waals surface area contributed by atoms with Crippen molar-refractivity contribution in [3.63, 3.8) is 0 Å². The second-order valence-electron chi connectivity index (χ2n) is 5.01. The number of carbonyl (C=O) groups is 2. The summed E-state index contributed by atoms with van der Waals surface area (Å²) in [7, 11) is 0. The van der Waals surface area contributed by atoms with Crippen LogP contribution in [0.15, 0.2) is 30.0 Å². The molecule has 0 aliphatic carbocycles. The first-order valence-corrected chi connectivity index (χ1v) is 7.37. The Hall–Kier alpha value is -3.05. The smallest absolute Gasteiger partial charge is 0.263 e. The average molecular weight is 330 g/mol. The minimum absolute atomic E-state index is 0.153. The predicted molar refractivity (Wildman–Crippen MR) is 84.5 cm³/mol. The summed E-state index contributed by atoms with van der Waals surface area (Å²) in [6, 6.07) is 7.10. The number of nitriles is 1. The van der Waals surface area contributed by atoms with Crippen molar-refractivity contribution in [2.45, 2.75) is 13.0 Å². The van der Waals surface area contributed by atoms with E-state index in [1.54, 1.807) is 24.3 Å². The van der Waals surface area contributed by atoms with Crippen LogP contribution < -0.4 is 20.5 Å². The molecule has 0 fully saturated rings. The standard InChI is InChI=1S/C16H18N4O4/c17-4-1-5-20(10-21)9-13(7-18)16(22)19-8-12-2-3-14-15(6-12)24-11-23-14/h2-3,6,9-10H,1,4-5,8,11,17H2,(H,19,22)/b13-9-. The number of nitrogens with two attached hydrogens (primary N) is 1. The number of rotatable bonds is 8. The molecule has 0 atom stereocenters. The number of nitrogens with zero attached hydrogens (tertiary/aromatic N) is 2. The van der Waals surface area contributed by atoms with Crippen LogP contribution in [-0.4, -0.2) is 37.1 Å². The topological polar surface area (TPSA) is 118 Å². The summed E-state index contributed by atoms with van der Waals surface area (Å²) >= 11 is 0. The summed E-state index contributed by atoms with van der Waals surface area (Å²) in [6.45, 7) is 1.16. The van der Waals surface area contributed by atoms with E-state index >= 15 is 0 Å². The summed E-state index contributed by atoms with van der Waals surface area (Å²) < 4.78 is 10.5. The molecule has 126 valence electrons. The Bertz CT molecular complexity index is 681. The van der Waals surface area contributed by atoms with Crippen LogP contribution in [0.5, 0.6) is 11.5 Å². The van der Waals surface area contributed by atoms with Gasteiger partial charge in [-0.1, -0.05) is 6.07 Å². The lowest BCUT2D eigenvalue weighted by Crippen LogP contribution is -2.27. The van der Waals surface area contributed by atoms with Crippen LogP contribution in [-0.2, 0) is 16.1 Å². The third-order valence-electron chi connectivity index (χ3n) is 3.31. The fraction of sp³-hybridized carbons (Fsp3) is 0.312. The van der Waals surface area contributed by atoms with Crippen LogP contribution in [0.1, 0.15) is 12.0 Å². The Labute approximate surface area is 139 Å². The molecule has 0 saturated heterocycles. The minimum Gasteiger partial charge on any atom is -0.454 e. The number of fused-ring (bicyclic) bond motifs is 1. The van der Waals surface area contributed by atoms with Gasteiger partial charge in [-0.15, -0.1) is 0 Å². The lowest BCUT2D eigenvalue weighted by Gasteiger charge is -2.12. The van der Waals surface area contributed by atoms with Gasteiger partial charge < -0.3 is 25.4 Å². The molecule has 0 aromatic heterocycles. The van der Waals surface area contributed by atoms with Crippen molar-refractivity contribution in [2.24, 2.45) is 5.73 Å². The van der Waals surface area contributed by atoms with Gasteiger partial charge in [-0.05, 0) is 30.7 Å². The van der Waals surface area contributed by atoms with E-state index in [-0.39, 0.29) is 18.9 Å². The van der Waals surface area contributed by atoms with E-state index in [0.717, 1.165) is 5.56 Å². The molecule has 1 aliphatic rings. The highest BCUT2D eigenvalue weighted by Gasteiger charge is 2.14. The maximum atomic E-state index is 12.1. The monoisotopic (exact) mass is 330 g/mol. The lowest BCUT2D eigenvalue weighted by atomic mass is 10.2. The van der Waals surface area contributed by atoms with Crippen molar-refractivity contribution in [1.82, 2.24) is 10.2 Å². The highest BCUT2D eigenvalue weighted by molar-refractivity contribution is 5.97. The van der Waals surface area contributed by atoms with Gasteiger partial charge in [-0.25, -0.2) is 0 Å². The number of ether oxygens (including phenoxy) is 2. The molecule has 8 heteroatoms. The predicted octanol–water partition coefficient (Wildman–Crippen LogP) is 0.246. The highest BCUT2D eigenvalue weighted by atomic mass is 16.7. The molecular weight excluding hydrogens is 312 g/mol. The SMILES string of the molecule is N#C/C(=C/N(C=O)CCCN)C(=O)NCc1ccc2c(c1)OCO2. The van der Waals surface area contributed by atoms with Gasteiger partial charge in [0.2, 0.25) is 13.2 Å². The first-order chi connectivity index (χ1) is 11.7. The number of hydrogen-bond donors (Lipinski definition) is 2. The molecule has 24 heavy (non-hydrogen) atoms. The van der Waals surface area contributed by atoms with Gasteiger partial charge in [0, 0.05) is 19.3 Å². The maximum Gasteiger partial charge on any atom is 0.263 e. The van der Waals surface area contributed by atoms with Gasteiger partial charge in [0.1, 0.15) is 11.6 Å². The summed E-state index contributed by atoms with van der Waals surface area (Å²) in [4.78, 5) is 24.3. The van der Waals surface area contributed by atoms with E-state index in [1.165, 1.54) is 11.1 Å². The van der Waals surface area contributed by atoms with Crippen molar-refractivity contribution < 1.29 is 19.1 Å². The van der Waals surface area contributed by atoms with Crippen molar-refractivity contribution in [1.29, 1.82) is 5.26 Å². The molecule has 1 aromatic carbocycles.